The summed E-state index contributed by atoms with van der Waals surface area (Å²) in [5.74, 6) is -0.182. The third kappa shape index (κ3) is 6.56. The minimum Gasteiger partial charge on any atom is -0.362 e. The molecule has 2 rings (SSSR count). The Morgan fingerprint density at radius 2 is 1.74 bits per heavy atom. The van der Waals surface area contributed by atoms with E-state index < -0.39 is 27.8 Å². The van der Waals surface area contributed by atoms with Crippen molar-refractivity contribution in [1.82, 2.24) is 10.2 Å². The first-order chi connectivity index (χ1) is 14.3. The molecule has 1 saturated heterocycles. The fraction of sp³-hybridized carbons (Fsp3) is 0.600. The molecule has 0 spiro atoms. The molecule has 2 amide bonds. The lowest BCUT2D eigenvalue weighted by molar-refractivity contribution is -0.384. The molecule has 0 atom stereocenters. The van der Waals surface area contributed by atoms with E-state index in [9.17, 15) is 32.9 Å². The molecular weight excluding hydrogens is 417 g/mol. The van der Waals surface area contributed by atoms with E-state index >= 15 is 0 Å². The number of nitrogens with one attached hydrogen (secondary N) is 1. The fourth-order valence-electron chi connectivity index (χ4n) is 3.17. The lowest BCUT2D eigenvalue weighted by Gasteiger charge is -2.36. The number of nitro benzene ring substituents is 1. The lowest BCUT2D eigenvalue weighted by atomic mass is 9.96. The maximum atomic E-state index is 12.9. The molecule has 1 aliphatic heterocycles. The number of anilines is 1. The van der Waals surface area contributed by atoms with Gasteiger partial charge in [-0.1, -0.05) is 20.8 Å². The minimum absolute atomic E-state index is 0.0910. The zero-order valence-corrected chi connectivity index (χ0v) is 17.8. The number of piperazine rings is 1. The average Bonchev–Trinajstić information content (AvgIpc) is 2.69. The van der Waals surface area contributed by atoms with Gasteiger partial charge in [0.1, 0.15) is 5.69 Å². The molecule has 1 fully saturated rings. The minimum atomic E-state index is -4.67. The van der Waals surface area contributed by atoms with Gasteiger partial charge in [-0.05, 0) is 18.6 Å². The SMILES string of the molecule is CC(C)(C)C(=O)NCCCC(=O)N1CCN(c2ccc(C(F)(F)F)cc2[N+](=O)[O-])CC1. The summed E-state index contributed by atoms with van der Waals surface area (Å²) in [7, 11) is 0. The zero-order valence-electron chi connectivity index (χ0n) is 17.8. The monoisotopic (exact) mass is 444 g/mol. The van der Waals surface area contributed by atoms with Crippen LogP contribution in [-0.4, -0.2) is 54.4 Å². The summed E-state index contributed by atoms with van der Waals surface area (Å²) in [6, 6.07) is 2.47. The van der Waals surface area contributed by atoms with E-state index in [1.54, 1.807) is 30.6 Å². The Balaban J connectivity index is 1.90. The number of carbonyl (C=O) groups is 2. The van der Waals surface area contributed by atoms with Crippen molar-refractivity contribution in [2.45, 2.75) is 39.8 Å². The molecule has 0 unspecified atom stereocenters. The van der Waals surface area contributed by atoms with E-state index in [1.807, 2.05) is 0 Å². The van der Waals surface area contributed by atoms with Crippen LogP contribution < -0.4 is 10.2 Å². The predicted octanol–water partition coefficient (Wildman–Crippen LogP) is 3.20. The van der Waals surface area contributed by atoms with E-state index in [0.29, 0.717) is 32.1 Å². The van der Waals surface area contributed by atoms with Crippen molar-refractivity contribution in [3.8, 4) is 0 Å². The van der Waals surface area contributed by atoms with E-state index in [0.717, 1.165) is 12.1 Å². The molecule has 1 aromatic rings. The summed E-state index contributed by atoms with van der Waals surface area (Å²) in [5.41, 5.74) is -2.07. The zero-order chi connectivity index (χ0) is 23.4. The van der Waals surface area contributed by atoms with Crippen molar-refractivity contribution >= 4 is 23.2 Å². The topological polar surface area (TPSA) is 95.8 Å². The van der Waals surface area contributed by atoms with Gasteiger partial charge in [0, 0.05) is 50.6 Å². The Morgan fingerprint density at radius 3 is 2.26 bits per heavy atom. The number of hydrogen-bond acceptors (Lipinski definition) is 5. The Bertz CT molecular complexity index is 829. The summed E-state index contributed by atoms with van der Waals surface area (Å²) in [4.78, 5) is 37.9. The number of alkyl halides is 3. The number of carbonyl (C=O) groups excluding carboxylic acids is 2. The highest BCUT2D eigenvalue weighted by molar-refractivity contribution is 5.81. The smallest absolute Gasteiger partial charge is 0.362 e. The van der Waals surface area contributed by atoms with Crippen molar-refractivity contribution in [2.75, 3.05) is 37.6 Å². The number of benzene rings is 1. The molecule has 0 radical (unpaired) electrons. The third-order valence-electron chi connectivity index (χ3n) is 5.01. The average molecular weight is 444 g/mol. The lowest BCUT2D eigenvalue weighted by Crippen LogP contribution is -2.49. The third-order valence-corrected chi connectivity index (χ3v) is 5.01. The molecule has 0 bridgehead atoms. The maximum absolute atomic E-state index is 12.9. The molecule has 172 valence electrons. The number of hydrogen-bond donors (Lipinski definition) is 1. The molecule has 11 heteroatoms. The number of rotatable bonds is 6. The second-order valence-electron chi connectivity index (χ2n) is 8.44. The molecule has 31 heavy (non-hydrogen) atoms. The van der Waals surface area contributed by atoms with Crippen LogP contribution in [-0.2, 0) is 15.8 Å². The second-order valence-corrected chi connectivity index (χ2v) is 8.44. The number of halogens is 3. The van der Waals surface area contributed by atoms with Crippen LogP contribution in [0, 0.1) is 15.5 Å². The predicted molar refractivity (Wildman–Crippen MR) is 109 cm³/mol. The largest absolute Gasteiger partial charge is 0.416 e. The van der Waals surface area contributed by atoms with Crippen LogP contribution in [0.4, 0.5) is 24.5 Å². The second kappa shape index (κ2) is 9.52. The molecule has 1 aromatic carbocycles. The number of amides is 2. The van der Waals surface area contributed by atoms with Crippen molar-refractivity contribution in [3.05, 3.63) is 33.9 Å². The van der Waals surface area contributed by atoms with Crippen LogP contribution in [0.1, 0.15) is 39.2 Å². The van der Waals surface area contributed by atoms with E-state index in [-0.39, 0.29) is 37.0 Å². The van der Waals surface area contributed by atoms with Crippen LogP contribution in [0.3, 0.4) is 0 Å². The normalized spacial score (nSPS) is 15.0. The summed E-state index contributed by atoms with van der Waals surface area (Å²) in [6.07, 6.45) is -3.92. The summed E-state index contributed by atoms with van der Waals surface area (Å²) < 4.78 is 38.6. The van der Waals surface area contributed by atoms with E-state index in [2.05, 4.69) is 5.32 Å². The molecule has 1 heterocycles. The van der Waals surface area contributed by atoms with Crippen LogP contribution >= 0.6 is 0 Å². The first-order valence-corrected chi connectivity index (χ1v) is 9.97. The quantitative estimate of drug-likeness (QED) is 0.413. The Morgan fingerprint density at radius 1 is 1.13 bits per heavy atom. The van der Waals surface area contributed by atoms with Gasteiger partial charge in [0.15, 0.2) is 0 Å². The first kappa shape index (κ1) is 24.4. The summed E-state index contributed by atoms with van der Waals surface area (Å²) in [5, 5.41) is 14.1. The molecule has 1 N–H and O–H groups in total. The van der Waals surface area contributed by atoms with Gasteiger partial charge in [0.05, 0.1) is 10.5 Å². The fourth-order valence-corrected chi connectivity index (χ4v) is 3.17. The first-order valence-electron chi connectivity index (χ1n) is 9.97. The van der Waals surface area contributed by atoms with Gasteiger partial charge >= 0.3 is 6.18 Å². The molecule has 0 aromatic heterocycles. The Labute approximate surface area is 178 Å². The Hall–Kier alpha value is -2.85. The molecular formula is C20H27F3N4O4. The maximum Gasteiger partial charge on any atom is 0.416 e. The molecule has 8 nitrogen and oxygen atoms in total. The van der Waals surface area contributed by atoms with Crippen molar-refractivity contribution in [1.29, 1.82) is 0 Å². The molecule has 0 aliphatic carbocycles. The van der Waals surface area contributed by atoms with Crippen LogP contribution in [0.2, 0.25) is 0 Å². The van der Waals surface area contributed by atoms with Gasteiger partial charge in [0.25, 0.3) is 5.69 Å². The van der Waals surface area contributed by atoms with Crippen molar-refractivity contribution in [3.63, 3.8) is 0 Å². The Kier molecular flexibility index (Phi) is 7.50. The van der Waals surface area contributed by atoms with E-state index in [4.69, 9.17) is 0 Å². The van der Waals surface area contributed by atoms with Gasteiger partial charge < -0.3 is 15.1 Å². The summed E-state index contributed by atoms with van der Waals surface area (Å²) >= 11 is 0. The van der Waals surface area contributed by atoms with Crippen LogP contribution in [0.25, 0.3) is 0 Å². The highest BCUT2D eigenvalue weighted by atomic mass is 19.4. The molecule has 1 aliphatic rings. The van der Waals surface area contributed by atoms with Crippen LogP contribution in [0.15, 0.2) is 18.2 Å². The number of nitrogens with zero attached hydrogens (tertiary/aromatic N) is 3. The van der Waals surface area contributed by atoms with Gasteiger partial charge in [-0.25, -0.2) is 0 Å². The van der Waals surface area contributed by atoms with Gasteiger partial charge in [-0.15, -0.1) is 0 Å². The van der Waals surface area contributed by atoms with Crippen LogP contribution in [0.5, 0.6) is 0 Å². The van der Waals surface area contributed by atoms with Crippen molar-refractivity contribution in [2.24, 2.45) is 5.41 Å². The standard InChI is InChI=1S/C20H27F3N4O4/c1-19(2,3)18(29)24-8-4-5-17(28)26-11-9-25(10-12-26)15-7-6-14(20(21,22)23)13-16(15)27(30)31/h6-7,13H,4-5,8-12H2,1-3H3,(H,24,29). The highest BCUT2D eigenvalue weighted by Gasteiger charge is 2.34. The van der Waals surface area contributed by atoms with Gasteiger partial charge in [-0.2, -0.15) is 13.2 Å². The van der Waals surface area contributed by atoms with E-state index in [1.165, 1.54) is 0 Å². The molecule has 0 saturated carbocycles. The number of nitro groups is 1. The van der Waals surface area contributed by atoms with Crippen molar-refractivity contribution < 1.29 is 27.7 Å². The summed E-state index contributed by atoms with van der Waals surface area (Å²) in [6.45, 7) is 6.96. The van der Waals surface area contributed by atoms with Gasteiger partial charge in [0.2, 0.25) is 11.8 Å². The highest BCUT2D eigenvalue weighted by Crippen LogP contribution is 2.36. The van der Waals surface area contributed by atoms with Gasteiger partial charge in [-0.3, -0.25) is 19.7 Å².